The molecule has 0 saturated carbocycles. The third-order valence-corrected chi connectivity index (χ3v) is 5.62. The van der Waals surface area contributed by atoms with Crippen LogP contribution in [-0.2, 0) is 24.4 Å². The highest BCUT2D eigenvalue weighted by molar-refractivity contribution is 7.89. The van der Waals surface area contributed by atoms with Gasteiger partial charge in [0.25, 0.3) is 15.9 Å². The summed E-state index contributed by atoms with van der Waals surface area (Å²) in [5, 5.41) is 8.53. The maximum atomic E-state index is 12.4. The Hall–Kier alpha value is -2.19. The van der Waals surface area contributed by atoms with Crippen molar-refractivity contribution in [2.24, 2.45) is 0 Å². The van der Waals surface area contributed by atoms with E-state index in [0.717, 1.165) is 6.07 Å². The van der Waals surface area contributed by atoms with E-state index in [1.54, 1.807) is 0 Å². The Morgan fingerprint density at radius 2 is 1.96 bits per heavy atom. The predicted molar refractivity (Wildman–Crippen MR) is 96.2 cm³/mol. The Labute approximate surface area is 163 Å². The van der Waals surface area contributed by atoms with E-state index >= 15 is 0 Å². The largest absolute Gasteiger partial charge is 0.449 e. The summed E-state index contributed by atoms with van der Waals surface area (Å²) in [4.78, 5) is 30.2. The van der Waals surface area contributed by atoms with Gasteiger partial charge in [-0.1, -0.05) is 16.1 Å². The predicted octanol–water partition coefficient (Wildman–Crippen LogP) is 1.44. The number of rotatable bonds is 8. The number of halogens is 1. The first-order chi connectivity index (χ1) is 12.6. The molecular weight excluding hydrogens is 398 g/mol. The van der Waals surface area contributed by atoms with Crippen molar-refractivity contribution in [2.75, 3.05) is 27.7 Å². The number of carbonyl (C=O) groups is 2. The molecule has 0 radical (unpaired) electrons. The van der Waals surface area contributed by atoms with Crippen molar-refractivity contribution >= 4 is 33.5 Å². The molecule has 0 N–H and O–H groups in total. The molecule has 0 aliphatic heterocycles. The van der Waals surface area contributed by atoms with Gasteiger partial charge >= 0.3 is 5.97 Å². The lowest BCUT2D eigenvalue weighted by molar-refractivity contribution is -0.138. The molecule has 1 aromatic carbocycles. The van der Waals surface area contributed by atoms with E-state index in [4.69, 9.17) is 21.6 Å². The number of nitriles is 1. The van der Waals surface area contributed by atoms with Gasteiger partial charge in [-0.15, -0.1) is 0 Å². The molecule has 148 valence electrons. The number of ether oxygens (including phenoxy) is 1. The Morgan fingerprint density at radius 3 is 2.52 bits per heavy atom. The summed E-state index contributed by atoms with van der Waals surface area (Å²) in [7, 11) is -0.141. The van der Waals surface area contributed by atoms with Crippen molar-refractivity contribution in [3.05, 3.63) is 28.8 Å². The van der Waals surface area contributed by atoms with E-state index in [-0.39, 0.29) is 28.4 Å². The van der Waals surface area contributed by atoms with Crippen molar-refractivity contribution in [3.8, 4) is 6.07 Å². The molecule has 0 fully saturated rings. The van der Waals surface area contributed by atoms with Crippen molar-refractivity contribution < 1.29 is 27.6 Å². The second kappa shape index (κ2) is 9.66. The summed E-state index contributed by atoms with van der Waals surface area (Å²) in [6, 6.07) is 5.41. The van der Waals surface area contributed by atoms with E-state index < -0.39 is 28.0 Å². The first-order valence-corrected chi connectivity index (χ1v) is 9.53. The number of carbonyl (C=O) groups excluding carboxylic acids is 2. The van der Waals surface area contributed by atoms with Crippen LogP contribution >= 0.6 is 11.6 Å². The fourth-order valence-corrected chi connectivity index (χ4v) is 3.18. The SMILES string of the molecule is CON(C)S(=O)(=O)c1ccc(Cl)c(C(=O)O[C@@H](C)C(=O)N(C)CCC#N)c1. The first kappa shape index (κ1) is 22.9. The van der Waals surface area contributed by atoms with E-state index in [1.165, 1.54) is 45.2 Å². The van der Waals surface area contributed by atoms with Gasteiger partial charge in [0.1, 0.15) is 0 Å². The highest BCUT2D eigenvalue weighted by atomic mass is 35.5. The molecule has 0 unspecified atom stereocenters. The van der Waals surface area contributed by atoms with Crippen LogP contribution in [0.5, 0.6) is 0 Å². The highest BCUT2D eigenvalue weighted by Gasteiger charge is 2.26. The number of sulfonamides is 1. The second-order valence-electron chi connectivity index (χ2n) is 5.45. The monoisotopic (exact) mass is 417 g/mol. The quantitative estimate of drug-likeness (QED) is 0.464. The summed E-state index contributed by atoms with van der Waals surface area (Å²) in [6.07, 6.45) is -0.999. The fraction of sp³-hybridized carbons (Fsp3) is 0.438. The number of likely N-dealkylation sites (N-methyl/N-ethyl adjacent to an activating group) is 1. The lowest BCUT2D eigenvalue weighted by Gasteiger charge is -2.21. The van der Waals surface area contributed by atoms with Crippen LogP contribution in [0.3, 0.4) is 0 Å². The summed E-state index contributed by atoms with van der Waals surface area (Å²) in [6.45, 7) is 1.56. The van der Waals surface area contributed by atoms with E-state index in [0.29, 0.717) is 4.47 Å². The maximum absolute atomic E-state index is 12.4. The molecule has 0 aliphatic carbocycles. The molecule has 0 spiro atoms. The molecule has 27 heavy (non-hydrogen) atoms. The van der Waals surface area contributed by atoms with E-state index in [1.807, 2.05) is 6.07 Å². The summed E-state index contributed by atoms with van der Waals surface area (Å²) in [5.41, 5.74) is -0.207. The van der Waals surface area contributed by atoms with Crippen LogP contribution < -0.4 is 0 Å². The zero-order chi connectivity index (χ0) is 20.8. The van der Waals surface area contributed by atoms with Gasteiger partial charge in [0, 0.05) is 20.6 Å². The van der Waals surface area contributed by atoms with Crippen LogP contribution in [0.25, 0.3) is 0 Å². The van der Waals surface area contributed by atoms with Crippen LogP contribution in [0.2, 0.25) is 5.02 Å². The van der Waals surface area contributed by atoms with Crippen molar-refractivity contribution in [1.29, 1.82) is 5.26 Å². The topological polar surface area (TPSA) is 117 Å². The number of nitrogens with zero attached hydrogens (tertiary/aromatic N) is 3. The van der Waals surface area contributed by atoms with Gasteiger partial charge in [0.05, 0.1) is 35.1 Å². The minimum atomic E-state index is -3.99. The average molecular weight is 418 g/mol. The molecule has 1 aromatic rings. The number of hydrogen-bond donors (Lipinski definition) is 0. The summed E-state index contributed by atoms with van der Waals surface area (Å²) < 4.78 is 30.3. The lowest BCUT2D eigenvalue weighted by Crippen LogP contribution is -2.38. The molecular formula is C16H20ClN3O6S. The smallest absolute Gasteiger partial charge is 0.340 e. The Morgan fingerprint density at radius 1 is 1.33 bits per heavy atom. The number of benzene rings is 1. The van der Waals surface area contributed by atoms with Crippen LogP contribution in [0.15, 0.2) is 23.1 Å². The highest BCUT2D eigenvalue weighted by Crippen LogP contribution is 2.23. The molecule has 1 atom stereocenters. The molecule has 9 nitrogen and oxygen atoms in total. The van der Waals surface area contributed by atoms with Gasteiger partial charge in [0.2, 0.25) is 0 Å². The van der Waals surface area contributed by atoms with Crippen LogP contribution in [0.1, 0.15) is 23.7 Å². The molecule has 0 saturated heterocycles. The van der Waals surface area contributed by atoms with Crippen molar-refractivity contribution in [2.45, 2.75) is 24.3 Å². The molecule has 0 aliphatic rings. The van der Waals surface area contributed by atoms with Crippen molar-refractivity contribution in [1.82, 2.24) is 9.37 Å². The number of hydrogen-bond acceptors (Lipinski definition) is 7. The van der Waals surface area contributed by atoms with Crippen LogP contribution in [0.4, 0.5) is 0 Å². The van der Waals surface area contributed by atoms with Gasteiger partial charge in [0.15, 0.2) is 6.10 Å². The fourth-order valence-electron chi connectivity index (χ4n) is 1.98. The molecule has 0 heterocycles. The van der Waals surface area contributed by atoms with Gasteiger partial charge in [-0.3, -0.25) is 9.63 Å². The average Bonchev–Trinajstić information content (AvgIpc) is 2.64. The normalized spacial score (nSPS) is 12.3. The molecule has 11 heteroatoms. The van der Waals surface area contributed by atoms with Gasteiger partial charge in [-0.2, -0.15) is 5.26 Å². The maximum Gasteiger partial charge on any atom is 0.340 e. The van der Waals surface area contributed by atoms with E-state index in [9.17, 15) is 18.0 Å². The van der Waals surface area contributed by atoms with Gasteiger partial charge in [-0.25, -0.2) is 13.2 Å². The third-order valence-electron chi connectivity index (χ3n) is 3.62. The standard InChI is InChI=1S/C16H20ClN3O6S/c1-11(15(21)19(2)9-5-8-18)26-16(22)13-10-12(6-7-14(13)17)27(23,24)20(3)25-4/h6-7,10-11H,5,9H2,1-4H3/t11-/m0/s1. The molecule has 0 bridgehead atoms. The zero-order valence-corrected chi connectivity index (χ0v) is 16.9. The third kappa shape index (κ3) is 5.64. The Kier molecular flexibility index (Phi) is 8.18. The van der Waals surface area contributed by atoms with Crippen LogP contribution in [-0.4, -0.2) is 63.5 Å². The molecule has 1 amide bonds. The number of esters is 1. The Balaban J connectivity index is 3.03. The minimum Gasteiger partial charge on any atom is -0.449 e. The zero-order valence-electron chi connectivity index (χ0n) is 15.3. The number of amides is 1. The van der Waals surface area contributed by atoms with Crippen LogP contribution in [0, 0.1) is 11.3 Å². The van der Waals surface area contributed by atoms with E-state index in [2.05, 4.69) is 4.84 Å². The minimum absolute atomic E-state index is 0.0310. The van der Waals surface area contributed by atoms with Gasteiger partial charge < -0.3 is 9.64 Å². The van der Waals surface area contributed by atoms with Gasteiger partial charge in [-0.05, 0) is 25.1 Å². The summed E-state index contributed by atoms with van der Waals surface area (Å²) in [5.74, 6) is -1.45. The summed E-state index contributed by atoms with van der Waals surface area (Å²) >= 11 is 5.98. The first-order valence-electron chi connectivity index (χ1n) is 7.71. The Bertz CT molecular complexity index is 852. The number of hydroxylamine groups is 1. The second-order valence-corrected chi connectivity index (χ2v) is 7.80. The molecule has 1 rings (SSSR count). The van der Waals surface area contributed by atoms with Crippen molar-refractivity contribution in [3.63, 3.8) is 0 Å². The lowest BCUT2D eigenvalue weighted by atomic mass is 10.2. The molecule has 0 aromatic heterocycles.